The van der Waals surface area contributed by atoms with Gasteiger partial charge in [0, 0.05) is 26.2 Å². The number of likely N-dealkylation sites (tertiary alicyclic amines) is 1. The highest BCUT2D eigenvalue weighted by molar-refractivity contribution is 5.83. The number of nitrogens with one attached hydrogen (secondary N) is 1. The molecule has 4 atom stereocenters. The number of hydrogen-bond acceptors (Lipinski definition) is 10. The molecule has 4 unspecified atom stereocenters. The molecule has 3 fully saturated rings. The van der Waals surface area contributed by atoms with Crippen molar-refractivity contribution in [2.24, 2.45) is 0 Å². The highest BCUT2D eigenvalue weighted by Gasteiger charge is 2.49. The first-order valence-electron chi connectivity index (χ1n) is 12.0. The molecule has 0 spiro atoms. The molecule has 2 amide bonds. The van der Waals surface area contributed by atoms with E-state index >= 15 is 0 Å². The number of nitrogens with two attached hydrogens (primary N) is 1. The second-order valence-electron chi connectivity index (χ2n) is 9.08. The summed E-state index contributed by atoms with van der Waals surface area (Å²) < 4.78 is 18.1. The van der Waals surface area contributed by atoms with E-state index in [1.165, 1.54) is 18.0 Å². The molecule has 2 aliphatic heterocycles. The van der Waals surface area contributed by atoms with E-state index in [1.54, 1.807) is 4.90 Å². The first-order valence-corrected chi connectivity index (χ1v) is 12.0. The van der Waals surface area contributed by atoms with Crippen molar-refractivity contribution in [1.29, 1.82) is 0 Å². The normalized spacial score (nSPS) is 25.9. The van der Waals surface area contributed by atoms with Gasteiger partial charge < -0.3 is 35.3 Å². The van der Waals surface area contributed by atoms with Crippen LogP contribution in [0, 0.1) is 11.8 Å². The predicted molar refractivity (Wildman–Crippen MR) is 125 cm³/mol. The molecule has 1 saturated carbocycles. The molecule has 13 heteroatoms. The molecule has 2 saturated heterocycles. The number of ether oxygens (including phenoxy) is 3. The van der Waals surface area contributed by atoms with Crippen molar-refractivity contribution in [3.05, 3.63) is 12.2 Å². The Balaban J connectivity index is 1.32. The van der Waals surface area contributed by atoms with Crippen molar-refractivity contribution in [3.63, 3.8) is 0 Å². The number of piperidine rings is 1. The van der Waals surface area contributed by atoms with E-state index in [0.717, 1.165) is 32.1 Å². The Morgan fingerprint density at radius 2 is 2.06 bits per heavy atom. The zero-order chi connectivity index (χ0) is 25.2. The standard InChI is InChI=1S/C23H29N7O6/c1-34-18-16(31)17(21(32)26-13-7-8-13)36-22(18)30-12-25-15-19(24)27-14(28-20(15)30)6-5-11-35-23(33)29-9-3-2-4-10-29/h12-13,16-18,22,31H,2-4,7-11H2,1H3,(H,26,32)(H2,24,27,28). The Kier molecular flexibility index (Phi) is 6.90. The lowest BCUT2D eigenvalue weighted by atomic mass is 10.1. The summed E-state index contributed by atoms with van der Waals surface area (Å²) in [6.07, 6.45) is 1.91. The van der Waals surface area contributed by atoms with Crippen LogP contribution in [0.25, 0.3) is 11.2 Å². The number of nitrogen functional groups attached to an aromatic ring is 1. The van der Waals surface area contributed by atoms with Gasteiger partial charge in [0.1, 0.15) is 17.7 Å². The summed E-state index contributed by atoms with van der Waals surface area (Å²) in [5, 5.41) is 13.6. The van der Waals surface area contributed by atoms with Crippen LogP contribution >= 0.6 is 0 Å². The summed E-state index contributed by atoms with van der Waals surface area (Å²) in [7, 11) is 1.43. The SMILES string of the molecule is COC1C(O)C(C(=O)NC2CC2)OC1n1cnc2c(N)nc(C#CCOC(=O)N3CCCCC3)nc21. The molecule has 2 aromatic heterocycles. The summed E-state index contributed by atoms with van der Waals surface area (Å²) in [5.74, 6) is 5.31. The first-order chi connectivity index (χ1) is 17.5. The molecule has 2 aromatic rings. The number of fused-ring (bicyclic) bond motifs is 1. The van der Waals surface area contributed by atoms with Crippen molar-refractivity contribution in [2.75, 3.05) is 32.5 Å². The molecule has 3 aliphatic rings. The number of nitrogens with zero attached hydrogens (tertiary/aromatic N) is 5. The van der Waals surface area contributed by atoms with Gasteiger partial charge in [-0.2, -0.15) is 0 Å². The van der Waals surface area contributed by atoms with Crippen LogP contribution in [0.2, 0.25) is 0 Å². The van der Waals surface area contributed by atoms with Gasteiger partial charge in [0.05, 0.1) is 6.33 Å². The summed E-state index contributed by atoms with van der Waals surface area (Å²) in [6, 6.07) is 0.121. The number of imidazole rings is 1. The van der Waals surface area contributed by atoms with E-state index in [1.807, 2.05) is 0 Å². The molecule has 4 N–H and O–H groups in total. The second-order valence-corrected chi connectivity index (χ2v) is 9.08. The van der Waals surface area contributed by atoms with Crippen molar-refractivity contribution in [1.82, 2.24) is 29.7 Å². The van der Waals surface area contributed by atoms with Crippen LogP contribution < -0.4 is 11.1 Å². The fourth-order valence-electron chi connectivity index (χ4n) is 4.42. The largest absolute Gasteiger partial charge is 0.436 e. The molecule has 4 heterocycles. The number of aliphatic hydroxyl groups excluding tert-OH is 1. The van der Waals surface area contributed by atoms with Gasteiger partial charge in [-0.3, -0.25) is 9.36 Å². The topological polar surface area (TPSA) is 167 Å². The number of carbonyl (C=O) groups excluding carboxylic acids is 2. The van der Waals surface area contributed by atoms with Crippen LogP contribution in [0.5, 0.6) is 0 Å². The second kappa shape index (κ2) is 10.3. The molecule has 1 aliphatic carbocycles. The quantitative estimate of drug-likeness (QED) is 0.474. The monoisotopic (exact) mass is 499 g/mol. The fraction of sp³-hybridized carbons (Fsp3) is 0.609. The van der Waals surface area contributed by atoms with E-state index in [4.69, 9.17) is 19.9 Å². The third-order valence-electron chi connectivity index (χ3n) is 6.47. The van der Waals surface area contributed by atoms with Crippen molar-refractivity contribution in [3.8, 4) is 11.8 Å². The van der Waals surface area contributed by atoms with E-state index in [0.29, 0.717) is 24.3 Å². The number of anilines is 1. The van der Waals surface area contributed by atoms with Crippen LogP contribution in [0.3, 0.4) is 0 Å². The van der Waals surface area contributed by atoms with Gasteiger partial charge in [-0.05, 0) is 38.0 Å². The maximum atomic E-state index is 12.6. The van der Waals surface area contributed by atoms with Crippen LogP contribution in [-0.4, -0.2) is 92.7 Å². The van der Waals surface area contributed by atoms with E-state index in [-0.39, 0.29) is 30.4 Å². The zero-order valence-electron chi connectivity index (χ0n) is 19.9. The Bertz CT molecular complexity index is 1200. The molecule has 5 rings (SSSR count). The van der Waals surface area contributed by atoms with Crippen LogP contribution in [0.15, 0.2) is 6.33 Å². The minimum atomic E-state index is -1.19. The van der Waals surface area contributed by atoms with E-state index in [9.17, 15) is 14.7 Å². The molecule has 0 aromatic carbocycles. The van der Waals surface area contributed by atoms with Gasteiger partial charge in [-0.25, -0.2) is 19.7 Å². The lowest BCUT2D eigenvalue weighted by Crippen LogP contribution is -2.43. The molecular formula is C23H29N7O6. The number of carbonyl (C=O) groups is 2. The summed E-state index contributed by atoms with van der Waals surface area (Å²) in [4.78, 5) is 39.2. The number of aliphatic hydroxyl groups is 1. The third kappa shape index (κ3) is 4.92. The lowest BCUT2D eigenvalue weighted by molar-refractivity contribution is -0.137. The predicted octanol–water partition coefficient (Wildman–Crippen LogP) is -0.0656. The Morgan fingerprint density at radius 3 is 2.78 bits per heavy atom. The van der Waals surface area contributed by atoms with Crippen LogP contribution in [0.1, 0.15) is 44.2 Å². The summed E-state index contributed by atoms with van der Waals surface area (Å²) >= 11 is 0. The number of hydrogen-bond donors (Lipinski definition) is 3. The molecule has 192 valence electrons. The minimum absolute atomic E-state index is 0.101. The Hall–Kier alpha value is -3.47. The molecule has 0 bridgehead atoms. The number of methoxy groups -OCH3 is 1. The maximum absolute atomic E-state index is 12.6. The highest BCUT2D eigenvalue weighted by Crippen LogP contribution is 2.34. The number of aromatic nitrogens is 4. The number of rotatable bonds is 5. The smallest absolute Gasteiger partial charge is 0.410 e. The first kappa shape index (κ1) is 24.2. The van der Waals surface area contributed by atoms with Gasteiger partial charge in [0.2, 0.25) is 5.82 Å². The zero-order valence-corrected chi connectivity index (χ0v) is 19.9. The molecule has 0 radical (unpaired) electrons. The van der Waals surface area contributed by atoms with Crippen molar-refractivity contribution in [2.45, 2.75) is 62.7 Å². The van der Waals surface area contributed by atoms with Gasteiger partial charge in [-0.15, -0.1) is 0 Å². The summed E-state index contributed by atoms with van der Waals surface area (Å²) in [6.45, 7) is 1.27. The highest BCUT2D eigenvalue weighted by atomic mass is 16.6. The minimum Gasteiger partial charge on any atom is -0.436 e. The van der Waals surface area contributed by atoms with Crippen molar-refractivity contribution < 1.29 is 28.9 Å². The average Bonchev–Trinajstić information content (AvgIpc) is 3.49. The van der Waals surface area contributed by atoms with Gasteiger partial charge >= 0.3 is 6.09 Å². The maximum Gasteiger partial charge on any atom is 0.410 e. The van der Waals surface area contributed by atoms with Crippen LogP contribution in [-0.2, 0) is 19.0 Å². The van der Waals surface area contributed by atoms with Crippen molar-refractivity contribution >= 4 is 29.0 Å². The summed E-state index contributed by atoms with van der Waals surface area (Å²) in [5.41, 5.74) is 6.70. The third-order valence-corrected chi connectivity index (χ3v) is 6.47. The fourth-order valence-corrected chi connectivity index (χ4v) is 4.42. The van der Waals surface area contributed by atoms with E-state index in [2.05, 4.69) is 32.1 Å². The van der Waals surface area contributed by atoms with Gasteiger partial charge in [0.25, 0.3) is 5.91 Å². The number of amides is 2. The van der Waals surface area contributed by atoms with Gasteiger partial charge in [-0.1, -0.05) is 5.92 Å². The molecule has 13 nitrogen and oxygen atoms in total. The molecular weight excluding hydrogens is 470 g/mol. The average molecular weight is 500 g/mol. The Morgan fingerprint density at radius 1 is 1.28 bits per heavy atom. The van der Waals surface area contributed by atoms with Gasteiger partial charge in [0.15, 0.2) is 30.4 Å². The Labute approximate surface area is 207 Å². The lowest BCUT2D eigenvalue weighted by Gasteiger charge is -2.25. The molecule has 36 heavy (non-hydrogen) atoms. The van der Waals surface area contributed by atoms with Crippen LogP contribution in [0.4, 0.5) is 10.6 Å². The van der Waals surface area contributed by atoms with E-state index < -0.39 is 30.4 Å².